The molecular weight excluding hydrogens is 254 g/mol. The van der Waals surface area contributed by atoms with Crippen LogP contribution in [0.5, 0.6) is 0 Å². The number of hydrogen-bond donors (Lipinski definition) is 1. The Morgan fingerprint density at radius 2 is 1.93 bits per heavy atom. The molecule has 1 heterocycles. The van der Waals surface area contributed by atoms with Crippen molar-refractivity contribution in [2.75, 3.05) is 5.32 Å². The lowest BCUT2D eigenvalue weighted by Gasteiger charge is -2.13. The highest BCUT2D eigenvalue weighted by Gasteiger charge is 2.11. The van der Waals surface area contributed by atoms with Gasteiger partial charge in [-0.15, -0.1) is 0 Å². The first-order chi connectivity index (χ1) is 7.27. The number of halogens is 1. The van der Waals surface area contributed by atoms with Crippen molar-refractivity contribution in [3.8, 4) is 0 Å². The Morgan fingerprint density at radius 1 is 1.20 bits per heavy atom. The second-order valence-corrected chi connectivity index (χ2v) is 4.22. The Bertz CT molecular complexity index is 424. The van der Waals surface area contributed by atoms with Gasteiger partial charge in [-0.3, -0.25) is 0 Å². The molecule has 0 aliphatic heterocycles. The lowest BCUT2D eigenvalue weighted by atomic mass is 10.2. The van der Waals surface area contributed by atoms with E-state index in [2.05, 4.69) is 28.2 Å². The molecule has 78 valence electrons. The summed E-state index contributed by atoms with van der Waals surface area (Å²) in [4.78, 5) is 0. The van der Waals surface area contributed by atoms with E-state index in [4.69, 9.17) is 4.42 Å². The minimum atomic E-state index is 0.150. The third kappa shape index (κ3) is 2.42. The van der Waals surface area contributed by atoms with Crippen molar-refractivity contribution >= 4 is 21.6 Å². The Balaban J connectivity index is 2.11. The smallest absolute Gasteiger partial charge is 0.139 e. The van der Waals surface area contributed by atoms with Crippen LogP contribution in [0.25, 0.3) is 0 Å². The van der Waals surface area contributed by atoms with Gasteiger partial charge in [-0.2, -0.15) is 0 Å². The maximum atomic E-state index is 5.39. The van der Waals surface area contributed by atoms with Crippen LogP contribution >= 0.6 is 15.9 Å². The van der Waals surface area contributed by atoms with Gasteiger partial charge >= 0.3 is 0 Å². The molecule has 0 saturated heterocycles. The highest BCUT2D eigenvalue weighted by atomic mass is 79.9. The van der Waals surface area contributed by atoms with Crippen LogP contribution in [0.2, 0.25) is 0 Å². The van der Waals surface area contributed by atoms with Gasteiger partial charge in [-0.25, -0.2) is 0 Å². The van der Waals surface area contributed by atoms with E-state index in [1.807, 2.05) is 36.4 Å². The van der Waals surface area contributed by atoms with Gasteiger partial charge in [0.1, 0.15) is 5.76 Å². The minimum absolute atomic E-state index is 0.150. The predicted molar refractivity (Wildman–Crippen MR) is 64.9 cm³/mol. The van der Waals surface area contributed by atoms with Crippen LogP contribution in [-0.4, -0.2) is 0 Å². The van der Waals surface area contributed by atoms with E-state index in [1.54, 1.807) is 6.26 Å². The second-order valence-electron chi connectivity index (χ2n) is 3.36. The van der Waals surface area contributed by atoms with Crippen molar-refractivity contribution in [3.63, 3.8) is 0 Å². The Hall–Kier alpha value is -1.22. The molecule has 0 radical (unpaired) electrons. The summed E-state index contributed by atoms with van der Waals surface area (Å²) < 4.78 is 6.39. The summed E-state index contributed by atoms with van der Waals surface area (Å²) in [7, 11) is 0. The zero-order valence-corrected chi connectivity index (χ0v) is 9.99. The van der Waals surface area contributed by atoms with Gasteiger partial charge < -0.3 is 9.73 Å². The van der Waals surface area contributed by atoms with Gasteiger partial charge in [-0.05, 0) is 41.1 Å². The number of benzene rings is 1. The summed E-state index contributed by atoms with van der Waals surface area (Å²) >= 11 is 3.45. The molecule has 0 aliphatic carbocycles. The number of hydrogen-bond acceptors (Lipinski definition) is 2. The van der Waals surface area contributed by atoms with Crippen LogP contribution in [0, 0.1) is 0 Å². The molecule has 15 heavy (non-hydrogen) atoms. The molecule has 0 spiro atoms. The standard InChI is InChI=1S/C12H12BrNO/c1-9(12-11(13)7-8-15-12)14-10-5-3-2-4-6-10/h2-9,14H,1H3. The summed E-state index contributed by atoms with van der Waals surface area (Å²) in [6.45, 7) is 2.07. The maximum Gasteiger partial charge on any atom is 0.139 e. The van der Waals surface area contributed by atoms with Gasteiger partial charge in [-0.1, -0.05) is 18.2 Å². The highest BCUT2D eigenvalue weighted by Crippen LogP contribution is 2.26. The molecule has 0 fully saturated rings. The largest absolute Gasteiger partial charge is 0.466 e. The van der Waals surface area contributed by atoms with Gasteiger partial charge in [0, 0.05) is 5.69 Å². The van der Waals surface area contributed by atoms with Crippen LogP contribution in [0.3, 0.4) is 0 Å². The second kappa shape index (κ2) is 4.53. The molecule has 1 aromatic heterocycles. The SMILES string of the molecule is CC(Nc1ccccc1)c1occc1Br. The fraction of sp³-hybridized carbons (Fsp3) is 0.167. The van der Waals surface area contributed by atoms with Gasteiger partial charge in [0.05, 0.1) is 16.8 Å². The summed E-state index contributed by atoms with van der Waals surface area (Å²) in [5.74, 6) is 0.916. The molecule has 1 N–H and O–H groups in total. The molecule has 0 bridgehead atoms. The van der Waals surface area contributed by atoms with Crippen LogP contribution in [0.4, 0.5) is 5.69 Å². The summed E-state index contributed by atoms with van der Waals surface area (Å²) in [6.07, 6.45) is 1.68. The van der Waals surface area contributed by atoms with Crippen LogP contribution in [0.15, 0.2) is 51.6 Å². The van der Waals surface area contributed by atoms with E-state index in [0.29, 0.717) is 0 Å². The van der Waals surface area contributed by atoms with E-state index < -0.39 is 0 Å². The third-order valence-corrected chi connectivity index (χ3v) is 2.85. The number of furan rings is 1. The highest BCUT2D eigenvalue weighted by molar-refractivity contribution is 9.10. The van der Waals surface area contributed by atoms with Crippen LogP contribution < -0.4 is 5.32 Å². The number of nitrogens with one attached hydrogen (secondary N) is 1. The maximum absolute atomic E-state index is 5.39. The molecule has 2 nitrogen and oxygen atoms in total. The quantitative estimate of drug-likeness (QED) is 0.899. The fourth-order valence-corrected chi connectivity index (χ4v) is 2.01. The first-order valence-electron chi connectivity index (χ1n) is 4.82. The van der Waals surface area contributed by atoms with Gasteiger partial charge in [0.2, 0.25) is 0 Å². The molecule has 0 saturated carbocycles. The Kier molecular flexibility index (Phi) is 3.11. The first-order valence-corrected chi connectivity index (χ1v) is 5.61. The van der Waals surface area contributed by atoms with E-state index >= 15 is 0 Å². The number of rotatable bonds is 3. The van der Waals surface area contributed by atoms with Gasteiger partial charge in [0.15, 0.2) is 0 Å². The molecule has 2 rings (SSSR count). The van der Waals surface area contributed by atoms with E-state index in [-0.39, 0.29) is 6.04 Å². The average Bonchev–Trinajstić information content (AvgIpc) is 2.66. The normalized spacial score (nSPS) is 12.4. The third-order valence-electron chi connectivity index (χ3n) is 2.20. The lowest BCUT2D eigenvalue weighted by Crippen LogP contribution is -2.05. The molecule has 3 heteroatoms. The summed E-state index contributed by atoms with van der Waals surface area (Å²) in [6, 6.07) is 12.1. The molecule has 1 atom stereocenters. The molecule has 1 aromatic carbocycles. The van der Waals surface area contributed by atoms with Crippen molar-refractivity contribution in [2.24, 2.45) is 0 Å². The van der Waals surface area contributed by atoms with E-state index in [9.17, 15) is 0 Å². The van der Waals surface area contributed by atoms with Crippen LogP contribution in [-0.2, 0) is 0 Å². The molecular formula is C12H12BrNO. The zero-order valence-electron chi connectivity index (χ0n) is 8.41. The number of anilines is 1. The van der Waals surface area contributed by atoms with Crippen molar-refractivity contribution < 1.29 is 4.42 Å². The Labute approximate surface area is 97.4 Å². The zero-order chi connectivity index (χ0) is 10.7. The summed E-state index contributed by atoms with van der Waals surface area (Å²) in [5.41, 5.74) is 1.09. The first kappa shape index (κ1) is 10.3. The van der Waals surface area contributed by atoms with Crippen molar-refractivity contribution in [1.82, 2.24) is 0 Å². The van der Waals surface area contributed by atoms with E-state index in [1.165, 1.54) is 0 Å². The van der Waals surface area contributed by atoms with Crippen molar-refractivity contribution in [2.45, 2.75) is 13.0 Å². The molecule has 0 amide bonds. The lowest BCUT2D eigenvalue weighted by molar-refractivity contribution is 0.488. The van der Waals surface area contributed by atoms with Gasteiger partial charge in [0.25, 0.3) is 0 Å². The Morgan fingerprint density at radius 3 is 2.53 bits per heavy atom. The molecule has 1 unspecified atom stereocenters. The van der Waals surface area contributed by atoms with Crippen molar-refractivity contribution in [1.29, 1.82) is 0 Å². The minimum Gasteiger partial charge on any atom is -0.466 e. The fourth-order valence-electron chi connectivity index (χ4n) is 1.46. The average molecular weight is 266 g/mol. The molecule has 0 aliphatic rings. The summed E-state index contributed by atoms with van der Waals surface area (Å²) in [5, 5.41) is 3.36. The van der Waals surface area contributed by atoms with Crippen molar-refractivity contribution in [3.05, 3.63) is 52.9 Å². The van der Waals surface area contributed by atoms with E-state index in [0.717, 1.165) is 15.9 Å². The van der Waals surface area contributed by atoms with Crippen LogP contribution in [0.1, 0.15) is 18.7 Å². The molecule has 2 aromatic rings. The number of para-hydroxylation sites is 1. The monoisotopic (exact) mass is 265 g/mol. The predicted octanol–water partition coefficient (Wildman–Crippen LogP) is 4.22. The topological polar surface area (TPSA) is 25.2 Å².